The molecule has 1 heterocycles. The monoisotopic (exact) mass is 378 g/mol. The SMILES string of the molecule is CC(F)(F)Oc1ccc(C(=O)N2CC[C@]3(C=C(N)C(=O)C(C)(C)C3)C2)cc1. The highest BCUT2D eigenvalue weighted by molar-refractivity contribution is 6.00. The normalized spacial score (nSPS) is 24.9. The molecule has 2 aliphatic rings. The lowest BCUT2D eigenvalue weighted by molar-refractivity contribution is -0.158. The molecule has 1 saturated heterocycles. The number of carbonyl (C=O) groups excluding carboxylic acids is 2. The summed E-state index contributed by atoms with van der Waals surface area (Å²) in [5.74, 6) is -0.232. The number of hydrogen-bond donors (Lipinski definition) is 1. The molecular formula is C20H24F2N2O3. The summed E-state index contributed by atoms with van der Waals surface area (Å²) in [5, 5.41) is 0. The number of carbonyl (C=O) groups is 2. The number of halogens is 2. The molecule has 1 spiro atoms. The van der Waals surface area contributed by atoms with Gasteiger partial charge in [0.05, 0.1) is 5.70 Å². The van der Waals surface area contributed by atoms with Gasteiger partial charge in [0.25, 0.3) is 5.91 Å². The third-order valence-corrected chi connectivity index (χ3v) is 5.20. The van der Waals surface area contributed by atoms with E-state index < -0.39 is 11.5 Å². The zero-order valence-electron chi connectivity index (χ0n) is 15.7. The Hall–Kier alpha value is -2.44. The highest BCUT2D eigenvalue weighted by Gasteiger charge is 2.48. The molecule has 0 bridgehead atoms. The van der Waals surface area contributed by atoms with Crippen LogP contribution in [0, 0.1) is 10.8 Å². The van der Waals surface area contributed by atoms with Crippen LogP contribution in [0.1, 0.15) is 44.0 Å². The number of amides is 1. The second-order valence-corrected chi connectivity index (χ2v) is 8.26. The van der Waals surface area contributed by atoms with Crippen molar-refractivity contribution in [2.75, 3.05) is 13.1 Å². The van der Waals surface area contributed by atoms with Crippen LogP contribution in [0.15, 0.2) is 36.0 Å². The second-order valence-electron chi connectivity index (χ2n) is 8.26. The van der Waals surface area contributed by atoms with E-state index in [1.807, 2.05) is 19.9 Å². The van der Waals surface area contributed by atoms with Crippen molar-refractivity contribution in [2.45, 2.75) is 39.7 Å². The number of ketones is 1. The van der Waals surface area contributed by atoms with Crippen molar-refractivity contribution in [1.29, 1.82) is 0 Å². The summed E-state index contributed by atoms with van der Waals surface area (Å²) in [6.45, 7) is 5.45. The first kappa shape index (κ1) is 19.3. The van der Waals surface area contributed by atoms with E-state index in [-0.39, 0.29) is 28.6 Å². The Balaban J connectivity index is 1.74. The van der Waals surface area contributed by atoms with E-state index >= 15 is 0 Å². The predicted molar refractivity (Wildman–Crippen MR) is 96.3 cm³/mol. The van der Waals surface area contributed by atoms with Crippen LogP contribution in [0.3, 0.4) is 0 Å². The zero-order valence-corrected chi connectivity index (χ0v) is 15.7. The Morgan fingerprint density at radius 2 is 1.89 bits per heavy atom. The van der Waals surface area contributed by atoms with Crippen LogP contribution in [-0.4, -0.2) is 35.8 Å². The Bertz CT molecular complexity index is 796. The van der Waals surface area contributed by atoms with Gasteiger partial charge in [-0.15, -0.1) is 0 Å². The van der Waals surface area contributed by atoms with Crippen molar-refractivity contribution in [1.82, 2.24) is 4.90 Å². The molecule has 1 aliphatic carbocycles. The summed E-state index contributed by atoms with van der Waals surface area (Å²) in [5.41, 5.74) is 5.76. The Labute approximate surface area is 157 Å². The number of likely N-dealkylation sites (tertiary alicyclic amines) is 1. The van der Waals surface area contributed by atoms with Crippen LogP contribution < -0.4 is 10.5 Å². The van der Waals surface area contributed by atoms with Gasteiger partial charge in [0.15, 0.2) is 5.78 Å². The molecule has 146 valence electrons. The second kappa shape index (κ2) is 6.32. The predicted octanol–water partition coefficient (Wildman–Crippen LogP) is 3.35. The number of rotatable bonds is 3. The van der Waals surface area contributed by atoms with Crippen molar-refractivity contribution in [3.8, 4) is 5.75 Å². The molecule has 1 amide bonds. The van der Waals surface area contributed by atoms with Gasteiger partial charge < -0.3 is 15.4 Å². The van der Waals surface area contributed by atoms with E-state index in [0.717, 1.165) is 6.42 Å². The number of alkyl halides is 2. The first-order chi connectivity index (χ1) is 12.4. The van der Waals surface area contributed by atoms with Gasteiger partial charge in [-0.2, -0.15) is 8.78 Å². The van der Waals surface area contributed by atoms with Crippen LogP contribution in [0.4, 0.5) is 8.78 Å². The number of hydrogen-bond acceptors (Lipinski definition) is 4. The van der Waals surface area contributed by atoms with E-state index in [1.165, 1.54) is 24.3 Å². The first-order valence-electron chi connectivity index (χ1n) is 8.90. The molecule has 7 heteroatoms. The van der Waals surface area contributed by atoms with Crippen molar-refractivity contribution in [2.24, 2.45) is 16.6 Å². The molecule has 1 aromatic carbocycles. The fraction of sp³-hybridized carbons (Fsp3) is 0.500. The van der Waals surface area contributed by atoms with E-state index in [1.54, 1.807) is 4.90 Å². The third kappa shape index (κ3) is 3.96. The first-order valence-corrected chi connectivity index (χ1v) is 8.90. The summed E-state index contributed by atoms with van der Waals surface area (Å²) in [6.07, 6.45) is -0.0838. The number of Topliss-reactive ketones (excluding diaryl/α,β-unsaturated/α-hetero) is 1. The minimum atomic E-state index is -3.27. The van der Waals surface area contributed by atoms with Gasteiger partial charge in [0, 0.05) is 36.4 Å². The van der Waals surface area contributed by atoms with Crippen molar-refractivity contribution < 1.29 is 23.1 Å². The Kier molecular flexibility index (Phi) is 4.52. The number of nitrogens with two attached hydrogens (primary N) is 1. The van der Waals surface area contributed by atoms with Crippen molar-refractivity contribution >= 4 is 11.7 Å². The summed E-state index contributed by atoms with van der Waals surface area (Å²) in [6, 6.07) is 5.67. The summed E-state index contributed by atoms with van der Waals surface area (Å²) >= 11 is 0. The lowest BCUT2D eigenvalue weighted by atomic mass is 9.65. The number of allylic oxidation sites excluding steroid dienone is 1. The van der Waals surface area contributed by atoms with Crippen molar-refractivity contribution in [3.05, 3.63) is 41.6 Å². The summed E-state index contributed by atoms with van der Waals surface area (Å²) in [7, 11) is 0. The molecule has 1 aliphatic heterocycles. The van der Waals surface area contributed by atoms with Crippen molar-refractivity contribution in [3.63, 3.8) is 0 Å². The molecule has 3 rings (SSSR count). The molecule has 5 nitrogen and oxygen atoms in total. The zero-order chi connectivity index (χ0) is 20.0. The molecule has 0 saturated carbocycles. The van der Waals surface area contributed by atoms with E-state index in [4.69, 9.17) is 5.73 Å². The highest BCUT2D eigenvalue weighted by atomic mass is 19.3. The molecular weight excluding hydrogens is 354 g/mol. The molecule has 0 unspecified atom stereocenters. The lowest BCUT2D eigenvalue weighted by Gasteiger charge is -2.39. The fourth-order valence-electron chi connectivity index (χ4n) is 4.18. The molecule has 2 N–H and O–H groups in total. The largest absolute Gasteiger partial charge is 0.433 e. The average Bonchev–Trinajstić information content (AvgIpc) is 2.94. The number of benzene rings is 1. The van der Waals surface area contributed by atoms with Crippen LogP contribution >= 0.6 is 0 Å². The third-order valence-electron chi connectivity index (χ3n) is 5.20. The van der Waals surface area contributed by atoms with E-state index in [0.29, 0.717) is 32.0 Å². The average molecular weight is 378 g/mol. The van der Waals surface area contributed by atoms with Gasteiger partial charge >= 0.3 is 6.11 Å². The van der Waals surface area contributed by atoms with Gasteiger partial charge in [-0.1, -0.05) is 13.8 Å². The standard InChI is InChI=1S/C20H24F2N2O3/c1-18(2)11-20(10-15(23)16(18)25)8-9-24(12-20)17(26)13-4-6-14(7-5-13)27-19(3,21)22/h4-7,10H,8-9,11-12,23H2,1-3H3/t20-/m1/s1. The minimum absolute atomic E-state index is 0.000177. The maximum Gasteiger partial charge on any atom is 0.394 e. The minimum Gasteiger partial charge on any atom is -0.433 e. The molecule has 1 fully saturated rings. The molecule has 0 aromatic heterocycles. The van der Waals surface area contributed by atoms with Gasteiger partial charge in [-0.05, 0) is 43.2 Å². The van der Waals surface area contributed by atoms with Crippen LogP contribution in [0.5, 0.6) is 5.75 Å². The topological polar surface area (TPSA) is 72.6 Å². The van der Waals surface area contributed by atoms with Gasteiger partial charge in [-0.25, -0.2) is 0 Å². The van der Waals surface area contributed by atoms with Gasteiger partial charge in [0.2, 0.25) is 0 Å². The van der Waals surface area contributed by atoms with Crippen LogP contribution in [-0.2, 0) is 4.79 Å². The number of nitrogens with zero attached hydrogens (tertiary/aromatic N) is 1. The van der Waals surface area contributed by atoms with Crippen LogP contribution in [0.25, 0.3) is 0 Å². The Morgan fingerprint density at radius 3 is 2.44 bits per heavy atom. The smallest absolute Gasteiger partial charge is 0.394 e. The van der Waals surface area contributed by atoms with Gasteiger partial charge in [-0.3, -0.25) is 9.59 Å². The Morgan fingerprint density at radius 1 is 1.26 bits per heavy atom. The summed E-state index contributed by atoms with van der Waals surface area (Å²) < 4.78 is 30.3. The van der Waals surface area contributed by atoms with E-state index in [9.17, 15) is 18.4 Å². The van der Waals surface area contributed by atoms with Gasteiger partial charge in [0.1, 0.15) is 5.75 Å². The quantitative estimate of drug-likeness (QED) is 0.875. The summed E-state index contributed by atoms with van der Waals surface area (Å²) in [4.78, 5) is 26.7. The van der Waals surface area contributed by atoms with E-state index in [2.05, 4.69) is 4.74 Å². The molecule has 0 radical (unpaired) electrons. The maximum atomic E-state index is 12.9. The molecule has 27 heavy (non-hydrogen) atoms. The molecule has 1 atom stereocenters. The maximum absolute atomic E-state index is 12.9. The highest BCUT2D eigenvalue weighted by Crippen LogP contribution is 2.47. The molecule has 1 aromatic rings. The number of ether oxygens (including phenoxy) is 1. The lowest BCUT2D eigenvalue weighted by Crippen LogP contribution is -2.42. The fourth-order valence-corrected chi connectivity index (χ4v) is 4.18. The van der Waals surface area contributed by atoms with Crippen LogP contribution in [0.2, 0.25) is 0 Å².